The van der Waals surface area contributed by atoms with E-state index in [4.69, 9.17) is 37.4 Å². The van der Waals surface area contributed by atoms with Crippen molar-refractivity contribution in [3.63, 3.8) is 0 Å². The molecule has 1 aliphatic heterocycles. The van der Waals surface area contributed by atoms with Crippen molar-refractivity contribution in [2.75, 3.05) is 18.1 Å². The molecule has 2 aromatic heterocycles. The van der Waals surface area contributed by atoms with Crippen molar-refractivity contribution in [1.29, 1.82) is 0 Å². The smallest absolute Gasteiger partial charge is 0.229 e. The summed E-state index contributed by atoms with van der Waals surface area (Å²) >= 11 is 13.8. The van der Waals surface area contributed by atoms with Gasteiger partial charge in [0, 0.05) is 41.3 Å². The molecule has 0 saturated carbocycles. The van der Waals surface area contributed by atoms with Crippen LogP contribution in [0.5, 0.6) is 0 Å². The van der Waals surface area contributed by atoms with Crippen molar-refractivity contribution in [3.05, 3.63) is 45.3 Å². The van der Waals surface area contributed by atoms with E-state index in [9.17, 15) is 4.79 Å². The Morgan fingerprint density at radius 2 is 2.16 bits per heavy atom. The summed E-state index contributed by atoms with van der Waals surface area (Å²) in [6.45, 7) is 5.17. The van der Waals surface area contributed by atoms with Gasteiger partial charge in [-0.1, -0.05) is 42.2 Å². The average Bonchev–Trinajstić information content (AvgIpc) is 3.52. The molecule has 1 fully saturated rings. The van der Waals surface area contributed by atoms with Gasteiger partial charge in [0.1, 0.15) is 0 Å². The first kappa shape index (κ1) is 23.2. The van der Waals surface area contributed by atoms with Gasteiger partial charge in [0.2, 0.25) is 11.8 Å². The van der Waals surface area contributed by atoms with Gasteiger partial charge in [0.05, 0.1) is 23.4 Å². The Kier molecular flexibility index (Phi) is 7.45. The van der Waals surface area contributed by atoms with Crippen molar-refractivity contribution in [2.45, 2.75) is 51.6 Å². The molecule has 0 bridgehead atoms. The van der Waals surface area contributed by atoms with Crippen LogP contribution in [-0.4, -0.2) is 40.3 Å². The molecule has 1 aromatic carbocycles. The number of nitrogens with zero attached hydrogens (tertiary/aromatic N) is 4. The molecular weight excluding hydrogens is 471 g/mol. The van der Waals surface area contributed by atoms with Crippen molar-refractivity contribution >= 4 is 45.6 Å². The third-order valence-electron chi connectivity index (χ3n) is 5.19. The molecule has 0 aliphatic carbocycles. The van der Waals surface area contributed by atoms with E-state index in [-0.39, 0.29) is 24.3 Å². The third kappa shape index (κ3) is 5.49. The Morgan fingerprint density at radius 1 is 1.31 bits per heavy atom. The molecule has 1 unspecified atom stereocenters. The number of benzene rings is 1. The van der Waals surface area contributed by atoms with E-state index in [1.807, 2.05) is 25.3 Å². The zero-order chi connectivity index (χ0) is 22.7. The van der Waals surface area contributed by atoms with Crippen molar-refractivity contribution in [3.8, 4) is 11.3 Å². The highest BCUT2D eigenvalue weighted by atomic mass is 35.5. The van der Waals surface area contributed by atoms with E-state index in [1.54, 1.807) is 17.0 Å². The molecule has 3 aromatic rings. The van der Waals surface area contributed by atoms with Crippen LogP contribution >= 0.6 is 34.5 Å². The molecular formula is C22H24Cl2N4O3S. The second kappa shape index (κ2) is 10.3. The predicted molar refractivity (Wildman–Crippen MR) is 126 cm³/mol. The number of hydrogen-bond acceptors (Lipinski definition) is 7. The predicted octanol–water partition coefficient (Wildman–Crippen LogP) is 5.77. The van der Waals surface area contributed by atoms with Gasteiger partial charge in [-0.2, -0.15) is 4.98 Å². The molecule has 32 heavy (non-hydrogen) atoms. The maximum absolute atomic E-state index is 13.2. The van der Waals surface area contributed by atoms with Crippen LogP contribution in [0.15, 0.2) is 28.1 Å². The number of hydrogen-bond donors (Lipinski definition) is 0. The lowest BCUT2D eigenvalue weighted by Gasteiger charge is -2.23. The Bertz CT molecular complexity index is 1080. The first-order valence-corrected chi connectivity index (χ1v) is 12.2. The summed E-state index contributed by atoms with van der Waals surface area (Å²) in [7, 11) is 0. The quantitative estimate of drug-likeness (QED) is 0.395. The van der Waals surface area contributed by atoms with E-state index in [0.717, 1.165) is 25.0 Å². The zero-order valence-corrected chi connectivity index (χ0v) is 20.2. The lowest BCUT2D eigenvalue weighted by atomic mass is 10.2. The van der Waals surface area contributed by atoms with Gasteiger partial charge in [0.15, 0.2) is 11.0 Å². The monoisotopic (exact) mass is 494 g/mol. The van der Waals surface area contributed by atoms with Gasteiger partial charge < -0.3 is 9.26 Å². The summed E-state index contributed by atoms with van der Waals surface area (Å²) in [6.07, 6.45) is 2.54. The SMILES string of the molecule is CC(C)c1noc(CCC(=O)N(CC2CCCO2)c2nc(-c3ccc(Cl)cc3Cl)cs2)n1. The molecule has 3 heterocycles. The Hall–Kier alpha value is -2.00. The summed E-state index contributed by atoms with van der Waals surface area (Å²) in [5, 5.41) is 7.55. The molecule has 0 radical (unpaired) electrons. The van der Waals surface area contributed by atoms with E-state index in [2.05, 4.69) is 10.1 Å². The van der Waals surface area contributed by atoms with Crippen LogP contribution in [0, 0.1) is 0 Å². The minimum absolute atomic E-state index is 0.00127. The fourth-order valence-electron chi connectivity index (χ4n) is 3.44. The molecule has 1 saturated heterocycles. The van der Waals surface area contributed by atoms with Crippen LogP contribution < -0.4 is 4.90 Å². The number of aryl methyl sites for hydroxylation is 1. The first-order chi connectivity index (χ1) is 15.4. The molecule has 1 amide bonds. The molecule has 10 heteroatoms. The van der Waals surface area contributed by atoms with Crippen molar-refractivity contribution < 1.29 is 14.1 Å². The fraction of sp³-hybridized carbons (Fsp3) is 0.455. The average molecular weight is 495 g/mol. The number of carbonyl (C=O) groups is 1. The fourth-order valence-corrected chi connectivity index (χ4v) is 4.80. The Labute approximate surface area is 200 Å². The topological polar surface area (TPSA) is 81.4 Å². The normalized spacial score (nSPS) is 16.1. The number of aromatic nitrogens is 3. The molecule has 4 rings (SSSR count). The summed E-state index contributed by atoms with van der Waals surface area (Å²) in [5.41, 5.74) is 1.48. The number of rotatable bonds is 8. The van der Waals surface area contributed by atoms with Crippen LogP contribution in [-0.2, 0) is 16.0 Å². The lowest BCUT2D eigenvalue weighted by molar-refractivity contribution is -0.119. The summed E-state index contributed by atoms with van der Waals surface area (Å²) < 4.78 is 11.1. The molecule has 7 nitrogen and oxygen atoms in total. The molecule has 1 atom stereocenters. The number of amides is 1. The highest BCUT2D eigenvalue weighted by Gasteiger charge is 2.26. The third-order valence-corrected chi connectivity index (χ3v) is 6.61. The maximum atomic E-state index is 13.2. The highest BCUT2D eigenvalue weighted by Crippen LogP contribution is 2.34. The summed E-state index contributed by atoms with van der Waals surface area (Å²) in [5.74, 6) is 1.22. The number of anilines is 1. The summed E-state index contributed by atoms with van der Waals surface area (Å²) in [6, 6.07) is 5.28. The van der Waals surface area contributed by atoms with Crippen molar-refractivity contribution in [2.24, 2.45) is 0 Å². The minimum Gasteiger partial charge on any atom is -0.376 e. The van der Waals surface area contributed by atoms with Gasteiger partial charge in [-0.15, -0.1) is 11.3 Å². The van der Waals surface area contributed by atoms with Crippen LogP contribution in [0.25, 0.3) is 11.3 Å². The first-order valence-electron chi connectivity index (χ1n) is 10.6. The van der Waals surface area contributed by atoms with Crippen LogP contribution in [0.1, 0.15) is 50.7 Å². The number of thiazole rings is 1. The Balaban J connectivity index is 1.52. The highest BCUT2D eigenvalue weighted by molar-refractivity contribution is 7.14. The van der Waals surface area contributed by atoms with Crippen LogP contribution in [0.2, 0.25) is 10.0 Å². The van der Waals surface area contributed by atoms with Crippen LogP contribution in [0.3, 0.4) is 0 Å². The van der Waals surface area contributed by atoms with Gasteiger partial charge in [-0.3, -0.25) is 9.69 Å². The number of halogens is 2. The minimum atomic E-state index is -0.0621. The lowest BCUT2D eigenvalue weighted by Crippen LogP contribution is -2.37. The van der Waals surface area contributed by atoms with Crippen molar-refractivity contribution in [1.82, 2.24) is 15.1 Å². The molecule has 0 spiro atoms. The van der Waals surface area contributed by atoms with E-state index in [0.29, 0.717) is 45.6 Å². The number of carbonyl (C=O) groups excluding carboxylic acids is 1. The Morgan fingerprint density at radius 3 is 2.84 bits per heavy atom. The van der Waals surface area contributed by atoms with Crippen LogP contribution in [0.4, 0.5) is 5.13 Å². The van der Waals surface area contributed by atoms with Gasteiger partial charge >= 0.3 is 0 Å². The van der Waals surface area contributed by atoms with E-state index >= 15 is 0 Å². The number of ether oxygens (including phenoxy) is 1. The molecule has 0 N–H and O–H groups in total. The standard InChI is InChI=1S/C22H24Cl2N4O3S/c1-13(2)21-26-19(31-27-21)7-8-20(29)28(11-15-4-3-9-30-15)22-25-18(12-32-22)16-6-5-14(23)10-17(16)24/h5-6,10,12-13,15H,3-4,7-9,11H2,1-2H3. The second-order valence-corrected chi connectivity index (χ2v) is 9.66. The van der Waals surface area contributed by atoms with E-state index in [1.165, 1.54) is 11.3 Å². The molecule has 170 valence electrons. The maximum Gasteiger partial charge on any atom is 0.229 e. The molecule has 1 aliphatic rings. The van der Waals surface area contributed by atoms with E-state index < -0.39 is 0 Å². The summed E-state index contributed by atoms with van der Waals surface area (Å²) in [4.78, 5) is 24.0. The van der Waals surface area contributed by atoms with Gasteiger partial charge in [-0.25, -0.2) is 4.98 Å². The van der Waals surface area contributed by atoms with Gasteiger partial charge in [-0.05, 0) is 31.0 Å². The van der Waals surface area contributed by atoms with Gasteiger partial charge in [0.25, 0.3) is 0 Å². The largest absolute Gasteiger partial charge is 0.376 e. The second-order valence-electron chi connectivity index (χ2n) is 7.98. The zero-order valence-electron chi connectivity index (χ0n) is 17.9.